The van der Waals surface area contributed by atoms with Crippen LogP contribution in [0.4, 0.5) is 0 Å². The molecule has 4 aromatic rings. The van der Waals surface area contributed by atoms with Crippen LogP contribution < -0.4 is 9.47 Å². The first kappa shape index (κ1) is 31.3. The number of halogens is 2. The smallest absolute Gasteiger partial charge is 0.260 e. The Labute approximate surface area is 264 Å². The van der Waals surface area contributed by atoms with Crippen LogP contribution in [-0.4, -0.2) is 47.9 Å². The molecule has 0 saturated heterocycles. The van der Waals surface area contributed by atoms with E-state index in [-0.39, 0.29) is 25.0 Å². The average Bonchev–Trinajstić information content (AvgIpc) is 2.98. The van der Waals surface area contributed by atoms with Crippen LogP contribution in [0, 0.1) is 13.8 Å². The standard InChI is InChI=1S/C34H34Br2N2O4/c1-25-13-15-31(29(35)19-25)41-23-33(39)37(21-27-9-5-3-6-10-27)17-18-38(22-28-11-7-4-8-12-28)34(40)24-42-32-16-14-26(2)20-30(32)36/h3-16,19-20H,17-18,21-24H2,1-2H3. The van der Waals surface area contributed by atoms with Crippen molar-refractivity contribution in [3.05, 3.63) is 128 Å². The molecule has 42 heavy (non-hydrogen) atoms. The second-order valence-corrected chi connectivity index (χ2v) is 11.8. The van der Waals surface area contributed by atoms with Gasteiger partial charge < -0.3 is 19.3 Å². The third-order valence-corrected chi connectivity index (χ3v) is 7.89. The molecule has 0 heterocycles. The summed E-state index contributed by atoms with van der Waals surface area (Å²) in [6.07, 6.45) is 0. The Morgan fingerprint density at radius 1 is 0.595 bits per heavy atom. The van der Waals surface area contributed by atoms with Crippen molar-refractivity contribution >= 4 is 43.7 Å². The van der Waals surface area contributed by atoms with Crippen molar-refractivity contribution in [3.8, 4) is 11.5 Å². The summed E-state index contributed by atoms with van der Waals surface area (Å²) >= 11 is 7.03. The first-order valence-electron chi connectivity index (χ1n) is 13.7. The number of hydrogen-bond donors (Lipinski definition) is 0. The van der Waals surface area contributed by atoms with Crippen molar-refractivity contribution in [2.75, 3.05) is 26.3 Å². The van der Waals surface area contributed by atoms with E-state index < -0.39 is 0 Å². The molecule has 218 valence electrons. The molecule has 8 heteroatoms. The molecule has 0 spiro atoms. The SMILES string of the molecule is Cc1ccc(OCC(=O)N(CCN(Cc2ccccc2)C(=O)COc2ccc(C)cc2Br)Cc2ccccc2)c(Br)c1. The third kappa shape index (κ3) is 9.46. The van der Waals surface area contributed by atoms with Gasteiger partial charge in [-0.15, -0.1) is 0 Å². The van der Waals surface area contributed by atoms with E-state index in [9.17, 15) is 9.59 Å². The van der Waals surface area contributed by atoms with Crippen molar-refractivity contribution in [2.24, 2.45) is 0 Å². The minimum atomic E-state index is -0.168. The van der Waals surface area contributed by atoms with Gasteiger partial charge in [0, 0.05) is 26.2 Å². The zero-order valence-corrected chi connectivity index (χ0v) is 26.9. The van der Waals surface area contributed by atoms with Crippen molar-refractivity contribution < 1.29 is 19.1 Å². The summed E-state index contributed by atoms with van der Waals surface area (Å²) in [5.41, 5.74) is 4.17. The molecule has 0 bridgehead atoms. The van der Waals surface area contributed by atoms with E-state index in [1.807, 2.05) is 111 Å². The third-order valence-electron chi connectivity index (χ3n) is 6.65. The minimum absolute atomic E-state index is 0.119. The molecule has 0 unspecified atom stereocenters. The molecule has 0 aliphatic carbocycles. The molecule has 0 N–H and O–H groups in total. The molecule has 0 atom stereocenters. The number of aryl methyl sites for hydroxylation is 2. The highest BCUT2D eigenvalue weighted by atomic mass is 79.9. The molecule has 4 rings (SSSR count). The Kier molecular flexibility index (Phi) is 11.6. The van der Waals surface area contributed by atoms with Crippen LogP contribution in [0.2, 0.25) is 0 Å². The van der Waals surface area contributed by atoms with Gasteiger partial charge in [0.1, 0.15) is 11.5 Å². The van der Waals surface area contributed by atoms with Crippen molar-refractivity contribution in [1.82, 2.24) is 9.80 Å². The highest BCUT2D eigenvalue weighted by molar-refractivity contribution is 9.10. The predicted octanol–water partition coefficient (Wildman–Crippen LogP) is 7.34. The van der Waals surface area contributed by atoms with Crippen molar-refractivity contribution in [3.63, 3.8) is 0 Å². The maximum atomic E-state index is 13.5. The quantitative estimate of drug-likeness (QED) is 0.147. The fourth-order valence-electron chi connectivity index (χ4n) is 4.34. The van der Waals surface area contributed by atoms with Crippen LogP contribution in [0.3, 0.4) is 0 Å². The van der Waals surface area contributed by atoms with Gasteiger partial charge in [-0.2, -0.15) is 0 Å². The number of carbonyl (C=O) groups is 2. The van der Waals surface area contributed by atoms with E-state index in [1.54, 1.807) is 9.80 Å². The van der Waals surface area contributed by atoms with Crippen molar-refractivity contribution in [2.45, 2.75) is 26.9 Å². The molecule has 0 radical (unpaired) electrons. The fourth-order valence-corrected chi connectivity index (χ4v) is 5.56. The normalized spacial score (nSPS) is 10.7. The van der Waals surface area contributed by atoms with Gasteiger partial charge in [-0.05, 0) is 92.2 Å². The number of hydrogen-bond acceptors (Lipinski definition) is 4. The van der Waals surface area contributed by atoms with Crippen LogP contribution >= 0.6 is 31.9 Å². The molecule has 4 aromatic carbocycles. The van der Waals surface area contributed by atoms with E-state index in [0.29, 0.717) is 37.7 Å². The molecular weight excluding hydrogens is 660 g/mol. The molecule has 0 saturated carbocycles. The summed E-state index contributed by atoms with van der Waals surface area (Å²) in [7, 11) is 0. The summed E-state index contributed by atoms with van der Waals surface area (Å²) in [4.78, 5) is 30.4. The van der Waals surface area contributed by atoms with Gasteiger partial charge in [0.25, 0.3) is 11.8 Å². The van der Waals surface area contributed by atoms with Crippen LogP contribution in [-0.2, 0) is 22.7 Å². The van der Waals surface area contributed by atoms with E-state index in [1.165, 1.54) is 0 Å². The Bertz CT molecular complexity index is 1370. The molecule has 2 amide bonds. The molecule has 0 aromatic heterocycles. The van der Waals surface area contributed by atoms with Gasteiger partial charge in [0.15, 0.2) is 13.2 Å². The zero-order chi connectivity index (χ0) is 29.9. The molecule has 0 aliphatic heterocycles. The topological polar surface area (TPSA) is 59.1 Å². The number of nitrogens with zero attached hydrogens (tertiary/aromatic N) is 2. The number of carbonyl (C=O) groups excluding carboxylic acids is 2. The predicted molar refractivity (Wildman–Crippen MR) is 172 cm³/mol. The number of ether oxygens (including phenoxy) is 2. The van der Waals surface area contributed by atoms with Crippen LogP contribution in [0.15, 0.2) is 106 Å². The largest absolute Gasteiger partial charge is 0.483 e. The van der Waals surface area contributed by atoms with Gasteiger partial charge in [-0.3, -0.25) is 9.59 Å². The van der Waals surface area contributed by atoms with E-state index in [0.717, 1.165) is 31.2 Å². The van der Waals surface area contributed by atoms with Crippen LogP contribution in [0.1, 0.15) is 22.3 Å². The first-order valence-corrected chi connectivity index (χ1v) is 15.3. The van der Waals surface area contributed by atoms with Gasteiger partial charge in [0.05, 0.1) is 8.95 Å². The Hall–Kier alpha value is -3.62. The lowest BCUT2D eigenvalue weighted by Gasteiger charge is -2.28. The highest BCUT2D eigenvalue weighted by Crippen LogP contribution is 2.27. The lowest BCUT2D eigenvalue weighted by molar-refractivity contribution is -0.138. The molecule has 6 nitrogen and oxygen atoms in total. The van der Waals surface area contributed by atoms with Gasteiger partial charge >= 0.3 is 0 Å². The van der Waals surface area contributed by atoms with Crippen LogP contribution in [0.5, 0.6) is 11.5 Å². The first-order chi connectivity index (χ1) is 20.3. The lowest BCUT2D eigenvalue weighted by atomic mass is 10.2. The zero-order valence-electron chi connectivity index (χ0n) is 23.8. The maximum absolute atomic E-state index is 13.5. The Balaban J connectivity index is 1.47. The summed E-state index contributed by atoms with van der Waals surface area (Å²) in [5.74, 6) is 0.874. The van der Waals surface area contributed by atoms with Gasteiger partial charge in [-0.25, -0.2) is 0 Å². The van der Waals surface area contributed by atoms with E-state index >= 15 is 0 Å². The van der Waals surface area contributed by atoms with Gasteiger partial charge in [0.2, 0.25) is 0 Å². The van der Waals surface area contributed by atoms with Gasteiger partial charge in [-0.1, -0.05) is 72.8 Å². The van der Waals surface area contributed by atoms with Crippen LogP contribution in [0.25, 0.3) is 0 Å². The summed E-state index contributed by atoms with van der Waals surface area (Å²) in [6, 6.07) is 31.1. The van der Waals surface area contributed by atoms with Crippen molar-refractivity contribution in [1.29, 1.82) is 0 Å². The number of amides is 2. The minimum Gasteiger partial charge on any atom is -0.483 e. The monoisotopic (exact) mass is 692 g/mol. The second kappa shape index (κ2) is 15.6. The van der Waals surface area contributed by atoms with E-state index in [2.05, 4.69) is 31.9 Å². The summed E-state index contributed by atoms with van der Waals surface area (Å²) in [5, 5.41) is 0. The fraction of sp³-hybridized carbons (Fsp3) is 0.235. The number of benzene rings is 4. The number of rotatable bonds is 13. The van der Waals surface area contributed by atoms with E-state index in [4.69, 9.17) is 9.47 Å². The molecular formula is C34H34Br2N2O4. The maximum Gasteiger partial charge on any atom is 0.260 e. The summed E-state index contributed by atoms with van der Waals surface area (Å²) in [6.45, 7) is 5.22. The molecule has 0 fully saturated rings. The molecule has 0 aliphatic rings. The average molecular weight is 694 g/mol. The lowest BCUT2D eigenvalue weighted by Crippen LogP contribution is -2.43. The Morgan fingerprint density at radius 3 is 1.33 bits per heavy atom. The highest BCUT2D eigenvalue weighted by Gasteiger charge is 2.21. The Morgan fingerprint density at radius 2 is 0.976 bits per heavy atom. The summed E-state index contributed by atoms with van der Waals surface area (Å²) < 4.78 is 13.4. The second-order valence-electron chi connectivity index (χ2n) is 10.0.